The van der Waals surface area contributed by atoms with Crippen LogP contribution in [0.25, 0.3) is 32.6 Å². The Morgan fingerprint density at radius 1 is 0.786 bits per heavy atom. The van der Waals surface area contributed by atoms with Gasteiger partial charge in [-0.15, -0.1) is 0 Å². The first-order chi connectivity index (χ1) is 13.7. The quantitative estimate of drug-likeness (QED) is 0.420. The van der Waals surface area contributed by atoms with Gasteiger partial charge in [0.1, 0.15) is 0 Å². The molecule has 0 atom stereocenters. The third-order valence-corrected chi connectivity index (χ3v) is 4.84. The summed E-state index contributed by atoms with van der Waals surface area (Å²) < 4.78 is 0. The highest BCUT2D eigenvalue weighted by Gasteiger charge is 2.13. The van der Waals surface area contributed by atoms with Crippen molar-refractivity contribution < 1.29 is 9.90 Å². The normalized spacial score (nSPS) is 11.1. The molecule has 0 fully saturated rings. The van der Waals surface area contributed by atoms with Gasteiger partial charge in [0.15, 0.2) is 0 Å². The van der Waals surface area contributed by atoms with Gasteiger partial charge in [-0.05, 0) is 29.7 Å². The minimum atomic E-state index is -0.978. The van der Waals surface area contributed by atoms with Gasteiger partial charge in [-0.3, -0.25) is 9.97 Å². The smallest absolute Gasteiger partial charge is 0.335 e. The highest BCUT2D eigenvalue weighted by Crippen LogP contribution is 2.33. The number of aromatic nitrogens is 2. The molecule has 28 heavy (non-hydrogen) atoms. The lowest BCUT2D eigenvalue weighted by atomic mass is 10.0. The maximum Gasteiger partial charge on any atom is 0.335 e. The second kappa shape index (κ2) is 6.32. The molecule has 0 unspecified atom stereocenters. The van der Waals surface area contributed by atoms with Crippen molar-refractivity contribution in [1.82, 2.24) is 9.97 Å². The van der Waals surface area contributed by atoms with Crippen LogP contribution in [0.3, 0.4) is 0 Å². The van der Waals surface area contributed by atoms with Crippen LogP contribution in [0.2, 0.25) is 0 Å². The summed E-state index contributed by atoms with van der Waals surface area (Å²) in [6.07, 6.45) is 3.55. The van der Waals surface area contributed by atoms with Crippen LogP contribution < -0.4 is 5.32 Å². The predicted octanol–water partition coefficient (Wildman–Crippen LogP) is 5.38. The third-order valence-electron chi connectivity index (χ3n) is 4.84. The second-order valence-corrected chi connectivity index (χ2v) is 6.58. The maximum atomic E-state index is 11.7. The minimum absolute atomic E-state index is 0.210. The van der Waals surface area contributed by atoms with E-state index in [0.717, 1.165) is 38.3 Å². The van der Waals surface area contributed by atoms with Crippen molar-refractivity contribution in [3.05, 3.63) is 84.7 Å². The van der Waals surface area contributed by atoms with Crippen LogP contribution in [0.1, 0.15) is 10.4 Å². The van der Waals surface area contributed by atoms with E-state index in [0.29, 0.717) is 5.69 Å². The van der Waals surface area contributed by atoms with E-state index in [1.54, 1.807) is 18.3 Å². The third kappa shape index (κ3) is 2.61. The van der Waals surface area contributed by atoms with Gasteiger partial charge in [0, 0.05) is 28.6 Å². The van der Waals surface area contributed by atoms with Gasteiger partial charge in [-0.1, -0.05) is 42.5 Å². The Balaban J connectivity index is 1.78. The molecule has 0 aliphatic carbocycles. The number of benzene rings is 3. The van der Waals surface area contributed by atoms with Crippen LogP contribution in [0, 0.1) is 0 Å². The molecule has 3 aromatic carbocycles. The Bertz CT molecular complexity index is 1370. The average Bonchev–Trinajstić information content (AvgIpc) is 2.73. The van der Waals surface area contributed by atoms with Crippen molar-refractivity contribution in [2.45, 2.75) is 0 Å². The fraction of sp³-hybridized carbons (Fsp3) is 0. The number of carboxylic acid groups (broad SMARTS) is 1. The lowest BCUT2D eigenvalue weighted by Crippen LogP contribution is -2.01. The van der Waals surface area contributed by atoms with E-state index in [2.05, 4.69) is 15.3 Å². The van der Waals surface area contributed by atoms with Crippen LogP contribution in [-0.4, -0.2) is 21.0 Å². The molecule has 134 valence electrons. The molecule has 0 radical (unpaired) electrons. The minimum Gasteiger partial charge on any atom is -0.478 e. The number of carbonyl (C=O) groups is 1. The molecule has 5 aromatic rings. The molecule has 0 bridgehead atoms. The number of rotatable bonds is 3. The fourth-order valence-electron chi connectivity index (χ4n) is 3.54. The standard InChI is InChI=1S/C23H15N3O2/c27-23(28)16-11-18-17-8-2-1-5-15(17)13-25-22(18)20(12-16)26-19-9-3-6-14-7-4-10-24-21(14)19/h1-13,26H,(H,27,28). The number of anilines is 2. The van der Waals surface area contributed by atoms with Crippen molar-refractivity contribution in [2.24, 2.45) is 0 Å². The number of aromatic carboxylic acids is 1. The van der Waals surface area contributed by atoms with Gasteiger partial charge in [0.2, 0.25) is 0 Å². The van der Waals surface area contributed by atoms with E-state index < -0.39 is 5.97 Å². The molecule has 0 spiro atoms. The second-order valence-electron chi connectivity index (χ2n) is 6.58. The summed E-state index contributed by atoms with van der Waals surface area (Å²) in [6, 6.07) is 20.9. The zero-order chi connectivity index (χ0) is 19.1. The first-order valence-electron chi connectivity index (χ1n) is 8.86. The summed E-state index contributed by atoms with van der Waals surface area (Å²) in [4.78, 5) is 20.8. The number of hydrogen-bond donors (Lipinski definition) is 2. The summed E-state index contributed by atoms with van der Waals surface area (Å²) in [7, 11) is 0. The van der Waals surface area contributed by atoms with Gasteiger partial charge in [-0.2, -0.15) is 0 Å². The lowest BCUT2D eigenvalue weighted by molar-refractivity contribution is 0.0697. The first kappa shape index (κ1) is 16.2. The highest BCUT2D eigenvalue weighted by molar-refractivity contribution is 6.12. The van der Waals surface area contributed by atoms with Gasteiger partial charge in [0.25, 0.3) is 0 Å². The molecule has 5 heteroatoms. The predicted molar refractivity (Wildman–Crippen MR) is 111 cm³/mol. The van der Waals surface area contributed by atoms with Crippen LogP contribution in [0.4, 0.5) is 11.4 Å². The number of nitrogens with zero attached hydrogens (tertiary/aromatic N) is 2. The molecular formula is C23H15N3O2. The van der Waals surface area contributed by atoms with E-state index in [4.69, 9.17) is 0 Å². The van der Waals surface area contributed by atoms with Crippen molar-refractivity contribution in [3.8, 4) is 0 Å². The Morgan fingerprint density at radius 3 is 2.50 bits per heavy atom. The fourth-order valence-corrected chi connectivity index (χ4v) is 3.54. The maximum absolute atomic E-state index is 11.7. The lowest BCUT2D eigenvalue weighted by Gasteiger charge is -2.13. The molecule has 2 heterocycles. The molecule has 0 saturated heterocycles. The first-order valence-corrected chi connectivity index (χ1v) is 8.86. The molecular weight excluding hydrogens is 350 g/mol. The topological polar surface area (TPSA) is 75.1 Å². The Morgan fingerprint density at radius 2 is 1.61 bits per heavy atom. The van der Waals surface area contributed by atoms with Crippen LogP contribution >= 0.6 is 0 Å². The van der Waals surface area contributed by atoms with E-state index in [1.807, 2.05) is 60.8 Å². The summed E-state index contributed by atoms with van der Waals surface area (Å²) in [6.45, 7) is 0. The van der Waals surface area contributed by atoms with Gasteiger partial charge >= 0.3 is 5.97 Å². The monoisotopic (exact) mass is 365 g/mol. The largest absolute Gasteiger partial charge is 0.478 e. The number of nitrogens with one attached hydrogen (secondary N) is 1. The Hall–Kier alpha value is -3.99. The Kier molecular flexibility index (Phi) is 3.66. The van der Waals surface area contributed by atoms with Crippen molar-refractivity contribution in [2.75, 3.05) is 5.32 Å². The summed E-state index contributed by atoms with van der Waals surface area (Å²) >= 11 is 0. The van der Waals surface area contributed by atoms with Gasteiger partial charge in [0.05, 0.1) is 28.0 Å². The number of hydrogen-bond acceptors (Lipinski definition) is 4. The van der Waals surface area contributed by atoms with Crippen molar-refractivity contribution >= 4 is 49.9 Å². The van der Waals surface area contributed by atoms with Gasteiger partial charge < -0.3 is 10.4 Å². The van der Waals surface area contributed by atoms with E-state index in [-0.39, 0.29) is 5.56 Å². The molecule has 2 N–H and O–H groups in total. The number of pyridine rings is 2. The SMILES string of the molecule is O=C(O)c1cc(Nc2cccc3cccnc23)c2ncc3ccccc3c2c1. The zero-order valence-electron chi connectivity index (χ0n) is 14.8. The van der Waals surface area contributed by atoms with Crippen LogP contribution in [0.5, 0.6) is 0 Å². The molecule has 2 aromatic heterocycles. The van der Waals surface area contributed by atoms with Crippen LogP contribution in [0.15, 0.2) is 79.1 Å². The van der Waals surface area contributed by atoms with Crippen molar-refractivity contribution in [1.29, 1.82) is 0 Å². The van der Waals surface area contributed by atoms with E-state index in [1.165, 1.54) is 0 Å². The van der Waals surface area contributed by atoms with Crippen molar-refractivity contribution in [3.63, 3.8) is 0 Å². The average molecular weight is 365 g/mol. The Labute approximate surface area is 160 Å². The van der Waals surface area contributed by atoms with Crippen LogP contribution in [-0.2, 0) is 0 Å². The zero-order valence-corrected chi connectivity index (χ0v) is 14.8. The summed E-state index contributed by atoms with van der Waals surface area (Å²) in [5.41, 5.74) is 3.19. The molecule has 0 aliphatic heterocycles. The number of carboxylic acids is 1. The summed E-state index contributed by atoms with van der Waals surface area (Å²) in [5.74, 6) is -0.978. The van der Waals surface area contributed by atoms with E-state index >= 15 is 0 Å². The summed E-state index contributed by atoms with van der Waals surface area (Å²) in [5, 5.41) is 16.7. The molecule has 0 aliphatic rings. The molecule has 5 nitrogen and oxygen atoms in total. The molecule has 5 rings (SSSR count). The molecule has 0 amide bonds. The highest BCUT2D eigenvalue weighted by atomic mass is 16.4. The number of fused-ring (bicyclic) bond motifs is 4. The molecule has 0 saturated carbocycles. The van der Waals surface area contributed by atoms with Gasteiger partial charge in [-0.25, -0.2) is 4.79 Å². The number of para-hydroxylation sites is 1. The van der Waals surface area contributed by atoms with E-state index in [9.17, 15) is 9.90 Å².